The lowest BCUT2D eigenvalue weighted by molar-refractivity contribution is -0.219. The van der Waals surface area contributed by atoms with Gasteiger partial charge in [-0.1, -0.05) is 18.2 Å². The summed E-state index contributed by atoms with van der Waals surface area (Å²) in [5.74, 6) is 0.821. The summed E-state index contributed by atoms with van der Waals surface area (Å²) in [6.45, 7) is 6.73. The van der Waals surface area contributed by atoms with Crippen molar-refractivity contribution in [2.45, 2.75) is 70.9 Å². The molecule has 1 aromatic carbocycles. The maximum absolute atomic E-state index is 11.8. The zero-order chi connectivity index (χ0) is 23.6. The van der Waals surface area contributed by atoms with E-state index in [9.17, 15) is 20.1 Å². The lowest BCUT2D eigenvalue weighted by atomic mass is 9.96. The van der Waals surface area contributed by atoms with Gasteiger partial charge in [-0.05, 0) is 44.6 Å². The number of nitrogens with zero attached hydrogens (tertiary/aromatic N) is 3. The van der Waals surface area contributed by atoms with Crippen molar-refractivity contribution in [1.82, 2.24) is 19.7 Å². The topological polar surface area (TPSA) is 131 Å². The second-order valence-electron chi connectivity index (χ2n) is 8.12. The van der Waals surface area contributed by atoms with Gasteiger partial charge >= 0.3 is 0 Å². The molecule has 32 heavy (non-hydrogen) atoms. The molecule has 11 heteroatoms. The fraction of sp³-hybridized carbons (Fsp3) is 0.571. The summed E-state index contributed by atoms with van der Waals surface area (Å²) < 4.78 is 15.3. The smallest absolute Gasteiger partial charge is 0.217 e. The number of rotatable bonds is 7. The van der Waals surface area contributed by atoms with E-state index in [2.05, 4.69) is 10.4 Å². The number of hydrogen-bond acceptors (Lipinski definition) is 8. The molecule has 0 unspecified atom stereocenters. The Morgan fingerprint density at radius 1 is 1.31 bits per heavy atom. The first-order valence-corrected chi connectivity index (χ1v) is 10.8. The average molecular weight is 467 g/mol. The van der Waals surface area contributed by atoms with Gasteiger partial charge in [0.15, 0.2) is 12.1 Å². The molecular formula is C21H30N4O6S. The number of aromatic nitrogens is 3. The number of benzene rings is 1. The maximum Gasteiger partial charge on any atom is 0.217 e. The van der Waals surface area contributed by atoms with E-state index in [4.69, 9.17) is 21.7 Å². The van der Waals surface area contributed by atoms with Crippen LogP contribution < -0.4 is 10.1 Å². The fourth-order valence-electron chi connectivity index (χ4n) is 3.78. The summed E-state index contributed by atoms with van der Waals surface area (Å²) in [7, 11) is 0. The molecule has 0 radical (unpaired) electrons. The van der Waals surface area contributed by atoms with Gasteiger partial charge in [0.2, 0.25) is 10.7 Å². The van der Waals surface area contributed by atoms with E-state index in [0.717, 1.165) is 5.56 Å². The van der Waals surface area contributed by atoms with Crippen molar-refractivity contribution in [2.75, 3.05) is 6.61 Å². The van der Waals surface area contributed by atoms with Crippen molar-refractivity contribution >= 4 is 18.1 Å². The Morgan fingerprint density at radius 2 is 2.00 bits per heavy atom. The molecule has 1 saturated heterocycles. The van der Waals surface area contributed by atoms with Crippen LogP contribution in [0.25, 0.3) is 0 Å². The Labute approximate surface area is 191 Å². The number of aryl methyl sites for hydroxylation is 1. The number of amides is 1. The number of ether oxygens (including phenoxy) is 2. The highest BCUT2D eigenvalue weighted by Gasteiger charge is 2.46. The third-order valence-corrected chi connectivity index (χ3v) is 5.76. The fourth-order valence-corrected chi connectivity index (χ4v) is 4.24. The minimum atomic E-state index is -1.40. The first-order chi connectivity index (χ1) is 15.1. The Morgan fingerprint density at radius 3 is 2.59 bits per heavy atom. The molecule has 176 valence electrons. The monoisotopic (exact) mass is 466 g/mol. The second kappa shape index (κ2) is 10.1. The number of aliphatic hydroxyl groups is 3. The van der Waals surface area contributed by atoms with Gasteiger partial charge in [0.25, 0.3) is 0 Å². The lowest BCUT2D eigenvalue weighted by Crippen LogP contribution is -2.62. The second-order valence-corrected chi connectivity index (χ2v) is 8.48. The molecule has 10 nitrogen and oxygen atoms in total. The van der Waals surface area contributed by atoms with Crippen molar-refractivity contribution in [2.24, 2.45) is 0 Å². The number of nitrogens with one attached hydrogen (secondary N) is 1. The van der Waals surface area contributed by atoms with E-state index in [0.29, 0.717) is 16.3 Å². The summed E-state index contributed by atoms with van der Waals surface area (Å²) in [5.41, 5.74) is 0.978. The van der Waals surface area contributed by atoms with Crippen LogP contribution in [-0.4, -0.2) is 66.5 Å². The molecule has 2 aromatic rings. The van der Waals surface area contributed by atoms with Crippen LogP contribution >= 0.6 is 12.2 Å². The molecule has 1 amide bonds. The van der Waals surface area contributed by atoms with Gasteiger partial charge in [0, 0.05) is 13.0 Å². The van der Waals surface area contributed by atoms with Crippen molar-refractivity contribution in [3.8, 4) is 5.75 Å². The summed E-state index contributed by atoms with van der Waals surface area (Å²) in [5, 5.41) is 37.7. The maximum atomic E-state index is 11.8. The molecule has 2 heterocycles. The van der Waals surface area contributed by atoms with E-state index in [1.807, 2.05) is 45.0 Å². The first kappa shape index (κ1) is 24.3. The van der Waals surface area contributed by atoms with Gasteiger partial charge in [0.1, 0.15) is 36.7 Å². The minimum absolute atomic E-state index is 0.0568. The molecule has 1 aliphatic rings. The quantitative estimate of drug-likeness (QED) is 0.445. The zero-order valence-corrected chi connectivity index (χ0v) is 19.3. The predicted molar refractivity (Wildman–Crippen MR) is 118 cm³/mol. The van der Waals surface area contributed by atoms with Crippen LogP contribution in [0, 0.1) is 11.7 Å². The lowest BCUT2D eigenvalue weighted by Gasteiger charge is -2.42. The van der Waals surface area contributed by atoms with Gasteiger partial charge in [-0.25, -0.2) is 4.68 Å². The third-order valence-electron chi connectivity index (χ3n) is 5.38. The van der Waals surface area contributed by atoms with Crippen molar-refractivity contribution in [3.05, 3.63) is 40.4 Å². The Kier molecular flexibility index (Phi) is 7.67. The van der Waals surface area contributed by atoms with Crippen molar-refractivity contribution in [3.63, 3.8) is 0 Å². The van der Waals surface area contributed by atoms with Gasteiger partial charge in [-0.15, -0.1) is 0 Å². The number of carbonyl (C=O) groups excluding carboxylic acids is 1. The van der Waals surface area contributed by atoms with E-state index in [1.54, 1.807) is 4.57 Å². The number of para-hydroxylation sites is 1. The molecule has 3 rings (SSSR count). The molecule has 1 fully saturated rings. The molecule has 0 saturated carbocycles. The Hall–Kier alpha value is -2.31. The molecule has 1 aromatic heterocycles. The van der Waals surface area contributed by atoms with Crippen LogP contribution in [0.3, 0.4) is 0 Å². The molecule has 0 bridgehead atoms. The van der Waals surface area contributed by atoms with Crippen LogP contribution in [0.5, 0.6) is 5.75 Å². The molecule has 5 atom stereocenters. The first-order valence-electron chi connectivity index (χ1n) is 10.4. The average Bonchev–Trinajstić information content (AvgIpc) is 3.07. The van der Waals surface area contributed by atoms with Crippen LogP contribution in [0.1, 0.15) is 44.4 Å². The Balaban J connectivity index is 1.99. The molecule has 4 N–H and O–H groups in total. The minimum Gasteiger partial charge on any atom is -0.485 e. The van der Waals surface area contributed by atoms with Gasteiger partial charge in [-0.2, -0.15) is 5.10 Å². The predicted octanol–water partition coefficient (Wildman–Crippen LogP) is 0.999. The van der Waals surface area contributed by atoms with Crippen LogP contribution in [0.2, 0.25) is 0 Å². The van der Waals surface area contributed by atoms with Crippen LogP contribution in [0.15, 0.2) is 24.3 Å². The highest BCUT2D eigenvalue weighted by molar-refractivity contribution is 7.71. The highest BCUT2D eigenvalue weighted by atomic mass is 32.1. The van der Waals surface area contributed by atoms with Gasteiger partial charge in [0.05, 0.1) is 6.61 Å². The zero-order valence-electron chi connectivity index (χ0n) is 18.5. The van der Waals surface area contributed by atoms with Crippen molar-refractivity contribution in [1.29, 1.82) is 0 Å². The number of aliphatic hydroxyl groups excluding tert-OH is 3. The molecular weight excluding hydrogens is 436 g/mol. The van der Waals surface area contributed by atoms with Gasteiger partial charge < -0.3 is 30.1 Å². The molecule has 0 spiro atoms. The largest absolute Gasteiger partial charge is 0.485 e. The number of hydrogen-bond donors (Lipinski definition) is 4. The summed E-state index contributed by atoms with van der Waals surface area (Å²) in [6, 6.07) is 6.52. The standard InChI is InChI=1S/C21H30N4O6S/c1-11(2)24-16(10-30-14-8-6-5-7-12(14)3)23-25(21(24)32)20-17(22-13(4)27)19(29)18(28)15(9-26)31-20/h5-8,11,15,17-20,26,28-29H,9-10H2,1-4H3,(H,22,27)/t15-,17-,18+,19-,20+/m0/s1. The van der Waals surface area contributed by atoms with Crippen LogP contribution in [0.4, 0.5) is 0 Å². The van der Waals surface area contributed by atoms with Crippen LogP contribution in [-0.2, 0) is 16.1 Å². The third kappa shape index (κ3) is 4.86. The highest BCUT2D eigenvalue weighted by Crippen LogP contribution is 2.29. The molecule has 1 aliphatic heterocycles. The summed E-state index contributed by atoms with van der Waals surface area (Å²) in [4.78, 5) is 11.8. The van der Waals surface area contributed by atoms with E-state index in [-0.39, 0.29) is 12.6 Å². The van der Waals surface area contributed by atoms with Gasteiger partial charge in [-0.3, -0.25) is 9.36 Å². The van der Waals surface area contributed by atoms with Crippen molar-refractivity contribution < 1.29 is 29.6 Å². The normalized spacial score (nSPS) is 25.7. The van der Waals surface area contributed by atoms with E-state index < -0.39 is 43.1 Å². The molecule has 0 aliphatic carbocycles. The van der Waals surface area contributed by atoms with E-state index in [1.165, 1.54) is 11.6 Å². The number of carbonyl (C=O) groups is 1. The summed E-state index contributed by atoms with van der Waals surface area (Å²) >= 11 is 5.64. The van der Waals surface area contributed by atoms with E-state index >= 15 is 0 Å². The Bertz CT molecular complexity index is 1010. The summed E-state index contributed by atoms with van der Waals surface area (Å²) in [6.07, 6.45) is -4.90. The SMILES string of the molecule is CC(=O)N[C@H]1[C@H](O)[C@H](O)[C@H](CO)O[C@H]1n1nc(COc2ccccc2C)n(C(C)C)c1=S.